The fourth-order valence-electron chi connectivity index (χ4n) is 2.08. The van der Waals surface area contributed by atoms with Crippen LogP contribution in [0.25, 0.3) is 0 Å². The number of nitrogens with zero attached hydrogens (tertiary/aromatic N) is 1. The number of carbonyl (C=O) groups is 2. The van der Waals surface area contributed by atoms with Gasteiger partial charge >= 0.3 is 5.97 Å². The van der Waals surface area contributed by atoms with Crippen LogP contribution in [0.4, 0.5) is 0 Å². The lowest BCUT2D eigenvalue weighted by molar-refractivity contribution is -0.137. The molecule has 0 aliphatic heterocycles. The lowest BCUT2D eigenvalue weighted by Gasteiger charge is -2.20. The molecule has 0 bridgehead atoms. The van der Waals surface area contributed by atoms with Crippen molar-refractivity contribution < 1.29 is 19.4 Å². The average molecular weight is 319 g/mol. The molecule has 116 valence electrons. The molecule has 1 N–H and O–H groups in total. The van der Waals surface area contributed by atoms with Crippen LogP contribution in [0.5, 0.6) is 5.75 Å². The molecule has 0 radical (unpaired) electrons. The van der Waals surface area contributed by atoms with Gasteiger partial charge in [-0.3, -0.25) is 9.59 Å². The van der Waals surface area contributed by atoms with Crippen LogP contribution in [-0.4, -0.2) is 42.1 Å². The molecule has 1 heterocycles. The van der Waals surface area contributed by atoms with Crippen LogP contribution in [0, 0.1) is 0 Å². The molecule has 1 aromatic carbocycles. The number of hydrogen-bond donors (Lipinski definition) is 1. The van der Waals surface area contributed by atoms with E-state index in [1.807, 2.05) is 30.3 Å². The summed E-state index contributed by atoms with van der Waals surface area (Å²) < 4.78 is 5.14. The number of hydrogen-bond acceptors (Lipinski definition) is 4. The number of rotatable bonds is 7. The van der Waals surface area contributed by atoms with Gasteiger partial charge in [0, 0.05) is 6.54 Å². The van der Waals surface area contributed by atoms with E-state index in [1.165, 1.54) is 23.3 Å². The normalized spacial score (nSPS) is 10.2. The molecule has 0 fully saturated rings. The van der Waals surface area contributed by atoms with Crippen molar-refractivity contribution in [3.05, 3.63) is 52.2 Å². The summed E-state index contributed by atoms with van der Waals surface area (Å²) in [4.78, 5) is 25.3. The van der Waals surface area contributed by atoms with Crippen molar-refractivity contribution in [1.82, 2.24) is 4.90 Å². The molecule has 0 saturated carbocycles. The molecule has 0 saturated heterocycles. The SMILES string of the molecule is COc1ccsc1C(=O)N(CCc1ccccc1)CC(=O)O. The lowest BCUT2D eigenvalue weighted by atomic mass is 10.1. The number of aliphatic carboxylic acids is 1. The van der Waals surface area contributed by atoms with Gasteiger partial charge in [0.15, 0.2) is 0 Å². The number of ether oxygens (including phenoxy) is 1. The van der Waals surface area contributed by atoms with Crippen LogP contribution in [0.1, 0.15) is 15.2 Å². The van der Waals surface area contributed by atoms with Gasteiger partial charge in [0.2, 0.25) is 0 Å². The predicted octanol–water partition coefficient (Wildman–Crippen LogP) is 2.53. The Labute approximate surface area is 132 Å². The molecule has 22 heavy (non-hydrogen) atoms. The number of carbonyl (C=O) groups excluding carboxylic acids is 1. The molecule has 0 spiro atoms. The number of benzene rings is 1. The fourth-order valence-corrected chi connectivity index (χ4v) is 2.91. The summed E-state index contributed by atoms with van der Waals surface area (Å²) in [6, 6.07) is 11.4. The van der Waals surface area contributed by atoms with E-state index in [2.05, 4.69) is 0 Å². The largest absolute Gasteiger partial charge is 0.495 e. The van der Waals surface area contributed by atoms with E-state index in [-0.39, 0.29) is 12.5 Å². The molecule has 5 nitrogen and oxygen atoms in total. The average Bonchev–Trinajstić information content (AvgIpc) is 3.00. The van der Waals surface area contributed by atoms with Crippen molar-refractivity contribution in [3.63, 3.8) is 0 Å². The Balaban J connectivity index is 2.11. The summed E-state index contributed by atoms with van der Waals surface area (Å²) in [5.74, 6) is -0.868. The van der Waals surface area contributed by atoms with Crippen molar-refractivity contribution in [3.8, 4) is 5.75 Å². The highest BCUT2D eigenvalue weighted by Gasteiger charge is 2.22. The third-order valence-electron chi connectivity index (χ3n) is 3.17. The minimum atomic E-state index is -1.03. The predicted molar refractivity (Wildman–Crippen MR) is 84.6 cm³/mol. The van der Waals surface area contributed by atoms with Gasteiger partial charge < -0.3 is 14.7 Å². The maximum absolute atomic E-state index is 12.5. The van der Waals surface area contributed by atoms with Crippen LogP contribution < -0.4 is 4.74 Å². The van der Waals surface area contributed by atoms with E-state index in [9.17, 15) is 9.59 Å². The van der Waals surface area contributed by atoms with Crippen molar-refractivity contribution in [1.29, 1.82) is 0 Å². The number of thiophene rings is 1. The summed E-state index contributed by atoms with van der Waals surface area (Å²) in [5, 5.41) is 10.8. The van der Waals surface area contributed by atoms with Crippen molar-refractivity contribution in [2.45, 2.75) is 6.42 Å². The van der Waals surface area contributed by atoms with E-state index in [4.69, 9.17) is 9.84 Å². The Kier molecular flexibility index (Phi) is 5.55. The fraction of sp³-hybridized carbons (Fsp3) is 0.250. The highest BCUT2D eigenvalue weighted by molar-refractivity contribution is 7.12. The van der Waals surface area contributed by atoms with Gasteiger partial charge in [0.1, 0.15) is 17.2 Å². The third-order valence-corrected chi connectivity index (χ3v) is 4.05. The van der Waals surface area contributed by atoms with E-state index in [0.29, 0.717) is 23.6 Å². The molecule has 0 unspecified atom stereocenters. The number of amides is 1. The molecule has 6 heteroatoms. The Morgan fingerprint density at radius 1 is 1.23 bits per heavy atom. The summed E-state index contributed by atoms with van der Waals surface area (Å²) in [7, 11) is 1.49. The van der Waals surface area contributed by atoms with Crippen LogP contribution in [0.2, 0.25) is 0 Å². The van der Waals surface area contributed by atoms with Gasteiger partial charge in [-0.15, -0.1) is 11.3 Å². The molecular weight excluding hydrogens is 302 g/mol. The molecular formula is C16H17NO4S. The quantitative estimate of drug-likeness (QED) is 0.851. The topological polar surface area (TPSA) is 66.8 Å². The highest BCUT2D eigenvalue weighted by atomic mass is 32.1. The zero-order valence-electron chi connectivity index (χ0n) is 12.2. The van der Waals surface area contributed by atoms with E-state index in [1.54, 1.807) is 11.4 Å². The minimum absolute atomic E-state index is 0.315. The number of methoxy groups -OCH3 is 1. The van der Waals surface area contributed by atoms with Gasteiger partial charge in [-0.2, -0.15) is 0 Å². The molecule has 2 rings (SSSR count). The van der Waals surface area contributed by atoms with Gasteiger partial charge in [-0.05, 0) is 23.4 Å². The van der Waals surface area contributed by atoms with Crippen molar-refractivity contribution in [2.24, 2.45) is 0 Å². The van der Waals surface area contributed by atoms with Crippen LogP contribution >= 0.6 is 11.3 Å². The second-order valence-electron chi connectivity index (χ2n) is 4.67. The highest BCUT2D eigenvalue weighted by Crippen LogP contribution is 2.26. The Hall–Kier alpha value is -2.34. The second kappa shape index (κ2) is 7.61. The first-order chi connectivity index (χ1) is 10.6. The van der Waals surface area contributed by atoms with Gasteiger partial charge in [-0.25, -0.2) is 0 Å². The van der Waals surface area contributed by atoms with E-state index < -0.39 is 5.97 Å². The zero-order chi connectivity index (χ0) is 15.9. The van der Waals surface area contributed by atoms with Crippen LogP contribution in [0.15, 0.2) is 41.8 Å². The molecule has 1 aromatic heterocycles. The summed E-state index contributed by atoms with van der Waals surface area (Å²) >= 11 is 1.25. The summed E-state index contributed by atoms with van der Waals surface area (Å²) in [6.07, 6.45) is 0.605. The minimum Gasteiger partial charge on any atom is -0.495 e. The standard InChI is InChI=1S/C16H17NO4S/c1-21-13-8-10-22-15(13)16(20)17(11-14(18)19)9-7-12-5-3-2-4-6-12/h2-6,8,10H,7,9,11H2,1H3,(H,18,19). The van der Waals surface area contributed by atoms with Gasteiger partial charge in [0.25, 0.3) is 5.91 Å². The molecule has 0 atom stereocenters. The monoisotopic (exact) mass is 319 g/mol. The first-order valence-corrected chi connectivity index (χ1v) is 7.66. The second-order valence-corrected chi connectivity index (χ2v) is 5.59. The molecule has 1 amide bonds. The maximum atomic E-state index is 12.5. The maximum Gasteiger partial charge on any atom is 0.323 e. The van der Waals surface area contributed by atoms with Crippen molar-refractivity contribution in [2.75, 3.05) is 20.2 Å². The van der Waals surface area contributed by atoms with E-state index in [0.717, 1.165) is 5.56 Å². The Morgan fingerprint density at radius 2 is 1.95 bits per heavy atom. The van der Waals surface area contributed by atoms with Crippen LogP contribution in [0.3, 0.4) is 0 Å². The zero-order valence-corrected chi connectivity index (χ0v) is 13.0. The summed E-state index contributed by atoms with van der Waals surface area (Å²) in [5.41, 5.74) is 1.06. The first-order valence-electron chi connectivity index (χ1n) is 6.78. The Bertz CT molecular complexity index is 639. The lowest BCUT2D eigenvalue weighted by Crippen LogP contribution is -2.37. The third kappa shape index (κ3) is 4.08. The van der Waals surface area contributed by atoms with E-state index >= 15 is 0 Å². The first kappa shape index (κ1) is 16.0. The number of carboxylic acid groups (broad SMARTS) is 1. The summed E-state index contributed by atoms with van der Waals surface area (Å²) in [6.45, 7) is 0.0168. The Morgan fingerprint density at radius 3 is 2.59 bits per heavy atom. The van der Waals surface area contributed by atoms with Crippen LogP contribution in [-0.2, 0) is 11.2 Å². The number of carboxylic acids is 1. The molecule has 2 aromatic rings. The molecule has 0 aliphatic carbocycles. The van der Waals surface area contributed by atoms with Gasteiger partial charge in [-0.1, -0.05) is 30.3 Å². The van der Waals surface area contributed by atoms with Gasteiger partial charge in [0.05, 0.1) is 7.11 Å². The molecule has 0 aliphatic rings. The van der Waals surface area contributed by atoms with Crippen molar-refractivity contribution >= 4 is 23.2 Å². The smallest absolute Gasteiger partial charge is 0.323 e.